The summed E-state index contributed by atoms with van der Waals surface area (Å²) in [6, 6.07) is 15.4. The van der Waals surface area contributed by atoms with E-state index in [1.54, 1.807) is 6.92 Å². The van der Waals surface area contributed by atoms with Crippen LogP contribution in [-0.2, 0) is 26.3 Å². The molecule has 2 aliphatic heterocycles. The van der Waals surface area contributed by atoms with Crippen LogP contribution in [0.25, 0.3) is 10.9 Å². The smallest absolute Gasteiger partial charge is 0.338 e. The van der Waals surface area contributed by atoms with E-state index < -0.39 is 11.4 Å². The van der Waals surface area contributed by atoms with Crippen molar-refractivity contribution in [2.24, 2.45) is 5.73 Å². The van der Waals surface area contributed by atoms with Crippen LogP contribution in [0, 0.1) is 0 Å². The van der Waals surface area contributed by atoms with E-state index in [1.807, 2.05) is 48.5 Å². The van der Waals surface area contributed by atoms with Crippen LogP contribution < -0.4 is 11.1 Å². The molecular formula is C23H21N3O3S. The number of anilines is 1. The van der Waals surface area contributed by atoms with Crippen LogP contribution in [0.4, 0.5) is 5.69 Å². The highest BCUT2D eigenvalue weighted by Gasteiger charge is 2.59. The number of para-hydroxylation sites is 2. The summed E-state index contributed by atoms with van der Waals surface area (Å²) in [6.07, 6.45) is 0. The third-order valence-electron chi connectivity index (χ3n) is 5.84. The normalized spacial score (nSPS) is 19.7. The number of nitrogens with zero attached hydrogens (tertiary/aromatic N) is 1. The number of rotatable bonds is 3. The summed E-state index contributed by atoms with van der Waals surface area (Å²) < 4.78 is 7.54. The molecule has 1 aromatic heterocycles. The van der Waals surface area contributed by atoms with Gasteiger partial charge in [-0.15, -0.1) is 0 Å². The number of carbonyl (C=O) groups excluding carboxylic acids is 2. The summed E-state index contributed by atoms with van der Waals surface area (Å²) >= 11 is 1.33. The first-order valence-electron chi connectivity index (χ1n) is 9.93. The van der Waals surface area contributed by atoms with Crippen molar-refractivity contribution in [2.45, 2.75) is 30.8 Å². The van der Waals surface area contributed by atoms with E-state index in [-0.39, 0.29) is 18.1 Å². The molecule has 3 heterocycles. The molecule has 0 saturated carbocycles. The number of nitrogens with two attached hydrogens (primary N) is 1. The fraction of sp³-hybridized carbons (Fsp3) is 0.217. The number of esters is 1. The van der Waals surface area contributed by atoms with Crippen molar-refractivity contribution < 1.29 is 14.3 Å². The van der Waals surface area contributed by atoms with Gasteiger partial charge in [0.1, 0.15) is 5.41 Å². The van der Waals surface area contributed by atoms with Gasteiger partial charge in [0.05, 0.1) is 22.2 Å². The van der Waals surface area contributed by atoms with Crippen molar-refractivity contribution in [2.75, 3.05) is 11.9 Å². The van der Waals surface area contributed by atoms with Gasteiger partial charge in [0.25, 0.3) is 0 Å². The molecule has 30 heavy (non-hydrogen) atoms. The lowest BCUT2D eigenvalue weighted by Gasteiger charge is -2.34. The monoisotopic (exact) mass is 419 g/mol. The van der Waals surface area contributed by atoms with Gasteiger partial charge in [-0.05, 0) is 26.0 Å². The maximum Gasteiger partial charge on any atom is 0.338 e. The van der Waals surface area contributed by atoms with E-state index in [9.17, 15) is 9.59 Å². The molecule has 5 rings (SSSR count). The molecule has 1 spiro atoms. The number of fused-ring (bicyclic) bond motifs is 6. The number of hydrogen-bond donors (Lipinski definition) is 2. The molecule has 0 fully saturated rings. The number of ether oxygens (including phenoxy) is 1. The molecule has 152 valence electrons. The Labute approximate surface area is 178 Å². The molecule has 7 heteroatoms. The molecule has 3 aromatic rings. The fourth-order valence-corrected chi connectivity index (χ4v) is 5.99. The SMILES string of the molecule is CCOC(=O)C1=C(N)Sc2c(c3ccccc3n2CC)C12C(=O)Nc1ccccc12. The van der Waals surface area contributed by atoms with Crippen molar-refractivity contribution in [1.82, 2.24) is 4.57 Å². The van der Waals surface area contributed by atoms with Gasteiger partial charge in [0.2, 0.25) is 5.91 Å². The summed E-state index contributed by atoms with van der Waals surface area (Å²) in [4.78, 5) is 26.9. The van der Waals surface area contributed by atoms with Gasteiger partial charge in [-0.1, -0.05) is 48.2 Å². The van der Waals surface area contributed by atoms with Crippen molar-refractivity contribution >= 4 is 40.2 Å². The van der Waals surface area contributed by atoms with E-state index >= 15 is 0 Å². The van der Waals surface area contributed by atoms with E-state index in [0.717, 1.165) is 27.1 Å². The third-order valence-corrected chi connectivity index (χ3v) is 6.88. The van der Waals surface area contributed by atoms with Crippen LogP contribution in [0.15, 0.2) is 64.2 Å². The van der Waals surface area contributed by atoms with E-state index in [4.69, 9.17) is 10.5 Å². The molecule has 2 aromatic carbocycles. The van der Waals surface area contributed by atoms with Crippen molar-refractivity contribution in [3.8, 4) is 0 Å². The number of thioether (sulfide) groups is 1. The number of nitrogens with one attached hydrogen (secondary N) is 1. The molecule has 2 aliphatic rings. The Hall–Kier alpha value is -3.19. The minimum Gasteiger partial charge on any atom is -0.463 e. The number of aryl methyl sites for hydroxylation is 1. The van der Waals surface area contributed by atoms with Gasteiger partial charge < -0.3 is 20.4 Å². The van der Waals surface area contributed by atoms with Crippen LogP contribution in [0.5, 0.6) is 0 Å². The molecular weight excluding hydrogens is 398 g/mol. The minimum absolute atomic E-state index is 0.198. The fourth-order valence-electron chi connectivity index (χ4n) is 4.74. The Morgan fingerprint density at radius 1 is 1.17 bits per heavy atom. The van der Waals surface area contributed by atoms with E-state index in [2.05, 4.69) is 16.8 Å². The van der Waals surface area contributed by atoms with Gasteiger partial charge >= 0.3 is 5.97 Å². The lowest BCUT2D eigenvalue weighted by molar-refractivity contribution is -0.140. The van der Waals surface area contributed by atoms with Crippen LogP contribution >= 0.6 is 11.8 Å². The van der Waals surface area contributed by atoms with E-state index in [1.165, 1.54) is 11.8 Å². The number of hydrogen-bond acceptors (Lipinski definition) is 5. The second kappa shape index (κ2) is 6.67. The Morgan fingerprint density at radius 2 is 1.90 bits per heavy atom. The third kappa shape index (κ3) is 2.21. The van der Waals surface area contributed by atoms with Crippen LogP contribution in [0.3, 0.4) is 0 Å². The van der Waals surface area contributed by atoms with E-state index in [0.29, 0.717) is 17.3 Å². The lowest BCUT2D eigenvalue weighted by atomic mass is 9.69. The first-order valence-corrected chi connectivity index (χ1v) is 10.7. The Kier molecular flexibility index (Phi) is 4.18. The first kappa shape index (κ1) is 18.8. The number of benzene rings is 2. The second-order valence-electron chi connectivity index (χ2n) is 7.25. The highest BCUT2D eigenvalue weighted by atomic mass is 32.2. The van der Waals surface area contributed by atoms with Gasteiger partial charge in [-0.2, -0.15) is 0 Å². The summed E-state index contributed by atoms with van der Waals surface area (Å²) in [5.74, 6) is -0.844. The molecule has 0 bridgehead atoms. The predicted octanol–water partition coefficient (Wildman–Crippen LogP) is 3.74. The number of carbonyl (C=O) groups is 2. The maximum atomic E-state index is 13.7. The molecule has 1 atom stereocenters. The molecule has 0 aliphatic carbocycles. The summed E-state index contributed by atoms with van der Waals surface area (Å²) in [5.41, 5.74) is 8.55. The lowest BCUT2D eigenvalue weighted by Crippen LogP contribution is -2.44. The van der Waals surface area contributed by atoms with Crippen molar-refractivity contribution in [1.29, 1.82) is 0 Å². The minimum atomic E-state index is -1.35. The van der Waals surface area contributed by atoms with Crippen LogP contribution in [0.1, 0.15) is 25.0 Å². The quantitative estimate of drug-likeness (QED) is 0.632. The zero-order valence-electron chi connectivity index (χ0n) is 16.7. The molecule has 0 radical (unpaired) electrons. The zero-order chi connectivity index (χ0) is 21.0. The largest absolute Gasteiger partial charge is 0.463 e. The number of aromatic nitrogens is 1. The van der Waals surface area contributed by atoms with Crippen LogP contribution in [-0.4, -0.2) is 23.1 Å². The highest BCUT2D eigenvalue weighted by molar-refractivity contribution is 8.03. The topological polar surface area (TPSA) is 86.3 Å². The first-order chi connectivity index (χ1) is 14.6. The molecule has 3 N–H and O–H groups in total. The molecule has 1 unspecified atom stereocenters. The number of amides is 1. The average Bonchev–Trinajstić information content (AvgIpc) is 3.20. The van der Waals surface area contributed by atoms with Gasteiger partial charge in [0.15, 0.2) is 0 Å². The Bertz CT molecular complexity index is 1260. The average molecular weight is 420 g/mol. The summed E-state index contributed by atoms with van der Waals surface area (Å²) in [6.45, 7) is 4.71. The van der Waals surface area contributed by atoms with Gasteiger partial charge in [-0.3, -0.25) is 4.79 Å². The van der Waals surface area contributed by atoms with Crippen LogP contribution in [0.2, 0.25) is 0 Å². The van der Waals surface area contributed by atoms with Crippen molar-refractivity contribution in [3.05, 3.63) is 70.3 Å². The summed E-state index contributed by atoms with van der Waals surface area (Å²) in [7, 11) is 0. The summed E-state index contributed by atoms with van der Waals surface area (Å²) in [5, 5.41) is 5.10. The molecule has 1 amide bonds. The second-order valence-corrected chi connectivity index (χ2v) is 8.28. The standard InChI is InChI=1S/C23H21N3O3S/c1-3-26-16-12-8-5-9-13(16)17-20(26)30-19(24)18(21(27)29-4-2)23(17)14-10-6-7-11-15(14)25-22(23)28/h5-12H,3-4,24H2,1-2H3,(H,25,28). The van der Waals surface area contributed by atoms with Gasteiger partial charge in [-0.25, -0.2) is 4.79 Å². The molecule has 6 nitrogen and oxygen atoms in total. The maximum absolute atomic E-state index is 13.7. The molecule has 0 saturated heterocycles. The van der Waals surface area contributed by atoms with Gasteiger partial charge in [0, 0.05) is 34.3 Å². The highest BCUT2D eigenvalue weighted by Crippen LogP contribution is 2.58. The predicted molar refractivity (Wildman–Crippen MR) is 117 cm³/mol. The Morgan fingerprint density at radius 3 is 2.67 bits per heavy atom. The Balaban J connectivity index is 1.97. The van der Waals surface area contributed by atoms with Crippen molar-refractivity contribution in [3.63, 3.8) is 0 Å². The zero-order valence-corrected chi connectivity index (χ0v) is 17.5.